The summed E-state index contributed by atoms with van der Waals surface area (Å²) >= 11 is 1.65. The topological polar surface area (TPSA) is 35.2 Å². The number of benzene rings is 1. The highest BCUT2D eigenvalue weighted by molar-refractivity contribution is 7.98. The molecule has 0 saturated heterocycles. The molecule has 0 heterocycles. The van der Waals surface area contributed by atoms with Gasteiger partial charge in [0.25, 0.3) is 0 Å². The summed E-state index contributed by atoms with van der Waals surface area (Å²) in [5, 5.41) is 0. The van der Waals surface area contributed by atoms with Crippen molar-refractivity contribution >= 4 is 11.8 Å². The van der Waals surface area contributed by atoms with Gasteiger partial charge in [-0.1, -0.05) is 12.1 Å². The van der Waals surface area contributed by atoms with Crippen molar-refractivity contribution in [1.82, 2.24) is 0 Å². The van der Waals surface area contributed by atoms with Crippen LogP contribution in [0.5, 0.6) is 5.75 Å². The van der Waals surface area contributed by atoms with Crippen molar-refractivity contribution in [3.8, 4) is 5.75 Å². The molecule has 0 aliphatic carbocycles. The van der Waals surface area contributed by atoms with Crippen molar-refractivity contribution in [3.63, 3.8) is 0 Å². The normalized spacial score (nSPS) is 13.5. The molecule has 0 fully saturated rings. The quantitative estimate of drug-likeness (QED) is 0.886. The second kappa shape index (κ2) is 6.16. The van der Waals surface area contributed by atoms with Gasteiger partial charge in [0, 0.05) is 6.04 Å². The Labute approximate surface area is 102 Å². The highest BCUT2D eigenvalue weighted by Gasteiger charge is 2.31. The largest absolute Gasteiger partial charge is 0.573 e. The molecular weight excluding hydrogens is 251 g/mol. The molecule has 0 aliphatic heterocycles. The van der Waals surface area contributed by atoms with Gasteiger partial charge in [0.15, 0.2) is 0 Å². The molecule has 6 heteroatoms. The summed E-state index contributed by atoms with van der Waals surface area (Å²) in [7, 11) is 0. The fourth-order valence-corrected chi connectivity index (χ4v) is 1.84. The number of rotatable bonds is 5. The van der Waals surface area contributed by atoms with Gasteiger partial charge in [0.05, 0.1) is 0 Å². The van der Waals surface area contributed by atoms with E-state index in [9.17, 15) is 13.2 Å². The summed E-state index contributed by atoms with van der Waals surface area (Å²) in [4.78, 5) is 0. The van der Waals surface area contributed by atoms with Crippen LogP contribution in [0.1, 0.15) is 18.0 Å². The molecule has 0 saturated carbocycles. The predicted octanol–water partition coefficient (Wildman–Crippen LogP) is 3.34. The second-order valence-corrected chi connectivity index (χ2v) is 4.49. The Kier molecular flexibility index (Phi) is 5.14. The van der Waals surface area contributed by atoms with Crippen LogP contribution < -0.4 is 10.5 Å². The van der Waals surface area contributed by atoms with Crippen molar-refractivity contribution in [1.29, 1.82) is 0 Å². The smallest absolute Gasteiger partial charge is 0.406 e. The summed E-state index contributed by atoms with van der Waals surface area (Å²) in [6.07, 6.45) is -1.99. The van der Waals surface area contributed by atoms with Crippen molar-refractivity contribution in [2.75, 3.05) is 12.0 Å². The lowest BCUT2D eigenvalue weighted by molar-refractivity contribution is -0.274. The van der Waals surface area contributed by atoms with E-state index in [4.69, 9.17) is 5.73 Å². The van der Waals surface area contributed by atoms with Crippen LogP contribution in [0.15, 0.2) is 24.3 Å². The van der Waals surface area contributed by atoms with E-state index in [1.807, 2.05) is 6.26 Å². The zero-order chi connectivity index (χ0) is 12.9. The minimum Gasteiger partial charge on any atom is -0.406 e. The van der Waals surface area contributed by atoms with Crippen LogP contribution in [0.25, 0.3) is 0 Å². The number of hydrogen-bond donors (Lipinski definition) is 1. The monoisotopic (exact) mass is 265 g/mol. The molecule has 0 amide bonds. The van der Waals surface area contributed by atoms with Gasteiger partial charge in [-0.2, -0.15) is 11.8 Å². The number of hydrogen-bond acceptors (Lipinski definition) is 3. The molecular formula is C11H14F3NOS. The first-order valence-corrected chi connectivity index (χ1v) is 6.42. The van der Waals surface area contributed by atoms with Crippen molar-refractivity contribution in [3.05, 3.63) is 29.8 Å². The van der Waals surface area contributed by atoms with Crippen LogP contribution in [0, 0.1) is 0 Å². The average molecular weight is 265 g/mol. The van der Waals surface area contributed by atoms with Crippen LogP contribution in [-0.2, 0) is 0 Å². The summed E-state index contributed by atoms with van der Waals surface area (Å²) in [6, 6.07) is 5.54. The molecule has 1 aromatic rings. The van der Waals surface area contributed by atoms with Crippen LogP contribution >= 0.6 is 11.8 Å². The van der Waals surface area contributed by atoms with Gasteiger partial charge in [0.1, 0.15) is 5.75 Å². The van der Waals surface area contributed by atoms with Gasteiger partial charge in [-0.3, -0.25) is 0 Å². The zero-order valence-corrected chi connectivity index (χ0v) is 10.1. The molecule has 0 bridgehead atoms. The summed E-state index contributed by atoms with van der Waals surface area (Å²) in [6.45, 7) is 0. The molecule has 1 unspecified atom stereocenters. The lowest BCUT2D eigenvalue weighted by Gasteiger charge is -2.14. The minimum absolute atomic E-state index is 0.227. The fourth-order valence-electron chi connectivity index (χ4n) is 1.35. The van der Waals surface area contributed by atoms with Crippen LogP contribution in [-0.4, -0.2) is 18.4 Å². The maximum atomic E-state index is 12.0. The van der Waals surface area contributed by atoms with Gasteiger partial charge in [-0.15, -0.1) is 13.2 Å². The first-order chi connectivity index (χ1) is 7.92. The number of halogens is 3. The third-order valence-corrected chi connectivity index (χ3v) is 2.80. The van der Waals surface area contributed by atoms with Gasteiger partial charge in [-0.25, -0.2) is 0 Å². The first-order valence-electron chi connectivity index (χ1n) is 5.02. The highest BCUT2D eigenvalue weighted by atomic mass is 32.2. The number of alkyl halides is 3. The molecule has 2 N–H and O–H groups in total. The summed E-state index contributed by atoms with van der Waals surface area (Å²) < 4.78 is 39.9. The van der Waals surface area contributed by atoms with Crippen molar-refractivity contribution in [2.24, 2.45) is 5.73 Å². The maximum absolute atomic E-state index is 12.0. The SMILES string of the molecule is CSCCC(N)c1cccc(OC(F)(F)F)c1. The number of ether oxygens (including phenoxy) is 1. The standard InChI is InChI=1S/C11H14F3NOS/c1-17-6-5-10(15)8-3-2-4-9(7-8)16-11(12,13)14/h2-4,7,10H,5-6,15H2,1H3. The molecule has 0 aliphatic rings. The Bertz CT molecular complexity index is 357. The van der Waals surface area contributed by atoms with Crippen LogP contribution in [0.3, 0.4) is 0 Å². The van der Waals surface area contributed by atoms with E-state index < -0.39 is 6.36 Å². The van der Waals surface area contributed by atoms with E-state index in [0.29, 0.717) is 5.56 Å². The molecule has 0 spiro atoms. The van der Waals surface area contributed by atoms with Gasteiger partial charge in [0.2, 0.25) is 0 Å². The molecule has 96 valence electrons. The number of thioether (sulfide) groups is 1. The van der Waals surface area contributed by atoms with Gasteiger partial charge >= 0.3 is 6.36 Å². The Morgan fingerprint density at radius 3 is 2.71 bits per heavy atom. The van der Waals surface area contributed by atoms with Crippen molar-refractivity contribution in [2.45, 2.75) is 18.8 Å². The number of nitrogens with two attached hydrogens (primary N) is 1. The van der Waals surface area contributed by atoms with E-state index >= 15 is 0 Å². The van der Waals surface area contributed by atoms with E-state index in [2.05, 4.69) is 4.74 Å². The minimum atomic E-state index is -4.66. The van der Waals surface area contributed by atoms with E-state index in [0.717, 1.165) is 12.2 Å². The molecule has 17 heavy (non-hydrogen) atoms. The molecule has 1 atom stereocenters. The molecule has 0 aromatic heterocycles. The molecule has 0 radical (unpaired) electrons. The van der Waals surface area contributed by atoms with E-state index in [-0.39, 0.29) is 11.8 Å². The summed E-state index contributed by atoms with van der Waals surface area (Å²) in [5.74, 6) is 0.639. The Morgan fingerprint density at radius 2 is 2.12 bits per heavy atom. The Balaban J connectivity index is 2.71. The van der Waals surface area contributed by atoms with Crippen LogP contribution in [0.2, 0.25) is 0 Å². The Morgan fingerprint density at radius 1 is 1.41 bits per heavy atom. The van der Waals surface area contributed by atoms with Gasteiger partial charge in [-0.05, 0) is 36.1 Å². The maximum Gasteiger partial charge on any atom is 0.573 e. The molecule has 2 nitrogen and oxygen atoms in total. The lowest BCUT2D eigenvalue weighted by Crippen LogP contribution is -2.18. The highest BCUT2D eigenvalue weighted by Crippen LogP contribution is 2.26. The molecule has 1 aromatic carbocycles. The predicted molar refractivity (Wildman–Crippen MR) is 63.1 cm³/mol. The second-order valence-electron chi connectivity index (χ2n) is 3.51. The third-order valence-electron chi connectivity index (χ3n) is 2.15. The van der Waals surface area contributed by atoms with Gasteiger partial charge < -0.3 is 10.5 Å². The Hall–Kier alpha value is -0.880. The fraction of sp³-hybridized carbons (Fsp3) is 0.455. The zero-order valence-electron chi connectivity index (χ0n) is 9.33. The summed E-state index contributed by atoms with van der Waals surface area (Å²) in [5.41, 5.74) is 6.52. The lowest BCUT2D eigenvalue weighted by atomic mass is 10.1. The first kappa shape index (κ1) is 14.2. The van der Waals surface area contributed by atoms with Crippen molar-refractivity contribution < 1.29 is 17.9 Å². The average Bonchev–Trinajstić information content (AvgIpc) is 2.24. The third kappa shape index (κ3) is 5.32. The molecule has 1 rings (SSSR count). The van der Waals surface area contributed by atoms with Crippen LogP contribution in [0.4, 0.5) is 13.2 Å². The van der Waals surface area contributed by atoms with E-state index in [1.54, 1.807) is 17.8 Å². The van der Waals surface area contributed by atoms with E-state index in [1.165, 1.54) is 18.2 Å².